The fourth-order valence-corrected chi connectivity index (χ4v) is 6.38. The average Bonchev–Trinajstić information content (AvgIpc) is 2.99. The van der Waals surface area contributed by atoms with Gasteiger partial charge in [0.05, 0.1) is 11.1 Å². The number of halogens is 6. The number of hydrogen-bond donors (Lipinski definition) is 1. The van der Waals surface area contributed by atoms with E-state index in [4.69, 9.17) is 0 Å². The molecular formula is C32H37F6N3O4. The van der Waals surface area contributed by atoms with E-state index >= 15 is 0 Å². The summed E-state index contributed by atoms with van der Waals surface area (Å²) >= 11 is 0. The zero-order chi connectivity index (χ0) is 33.3. The van der Waals surface area contributed by atoms with Gasteiger partial charge in [0.15, 0.2) is 0 Å². The highest BCUT2D eigenvalue weighted by atomic mass is 19.4. The number of amides is 3. The van der Waals surface area contributed by atoms with Crippen molar-refractivity contribution in [3.8, 4) is 0 Å². The SMILES string of the molecule is Cc1ccccc1[C@H]1CN(C(=O)C2CCN(C(=O)[C@@H](C)O)CC2)CC[C@@H]1C(=O)N(C)Cc1cc(C(F)(F)F)cc(C(F)(F)F)c1. The fraction of sp³-hybridized carbons (Fsp3) is 0.531. The lowest BCUT2D eigenvalue weighted by Gasteiger charge is -2.42. The highest BCUT2D eigenvalue weighted by Crippen LogP contribution is 2.39. The number of aliphatic hydroxyl groups is 1. The van der Waals surface area contributed by atoms with Crippen LogP contribution in [0.1, 0.15) is 59.9 Å². The van der Waals surface area contributed by atoms with Crippen molar-refractivity contribution in [1.82, 2.24) is 14.7 Å². The average molecular weight is 642 g/mol. The molecule has 0 spiro atoms. The molecule has 45 heavy (non-hydrogen) atoms. The maximum absolute atomic E-state index is 13.8. The van der Waals surface area contributed by atoms with E-state index in [2.05, 4.69) is 0 Å². The van der Waals surface area contributed by atoms with E-state index in [1.54, 1.807) is 4.90 Å². The third-order valence-electron chi connectivity index (χ3n) is 8.79. The molecule has 2 heterocycles. The molecule has 246 valence electrons. The largest absolute Gasteiger partial charge is 0.416 e. The van der Waals surface area contributed by atoms with Gasteiger partial charge in [-0.05, 0) is 68.0 Å². The van der Waals surface area contributed by atoms with E-state index in [-0.39, 0.29) is 48.9 Å². The van der Waals surface area contributed by atoms with Crippen molar-refractivity contribution < 1.29 is 45.8 Å². The summed E-state index contributed by atoms with van der Waals surface area (Å²) < 4.78 is 80.5. The Hall–Kier alpha value is -3.61. The molecule has 3 atom stereocenters. The van der Waals surface area contributed by atoms with Crippen LogP contribution in [0, 0.1) is 18.8 Å². The van der Waals surface area contributed by atoms with Crippen LogP contribution in [-0.4, -0.2) is 76.9 Å². The summed E-state index contributed by atoms with van der Waals surface area (Å²) in [6.45, 7) is 3.95. The molecule has 2 aromatic carbocycles. The highest BCUT2D eigenvalue weighted by molar-refractivity contribution is 5.83. The van der Waals surface area contributed by atoms with Crippen LogP contribution in [0.2, 0.25) is 0 Å². The van der Waals surface area contributed by atoms with Crippen LogP contribution < -0.4 is 0 Å². The predicted molar refractivity (Wildman–Crippen MR) is 153 cm³/mol. The molecule has 4 rings (SSSR count). The Labute approximate surface area is 257 Å². The zero-order valence-corrected chi connectivity index (χ0v) is 25.3. The van der Waals surface area contributed by atoms with Crippen LogP contribution in [0.4, 0.5) is 26.3 Å². The molecular weight excluding hydrogens is 604 g/mol. The first-order valence-corrected chi connectivity index (χ1v) is 14.8. The van der Waals surface area contributed by atoms with Gasteiger partial charge in [-0.15, -0.1) is 0 Å². The van der Waals surface area contributed by atoms with E-state index < -0.39 is 53.9 Å². The second-order valence-corrected chi connectivity index (χ2v) is 12.0. The topological polar surface area (TPSA) is 81.2 Å². The molecule has 1 N–H and O–H groups in total. The van der Waals surface area contributed by atoms with Gasteiger partial charge in [0, 0.05) is 57.5 Å². The third-order valence-corrected chi connectivity index (χ3v) is 8.79. The van der Waals surface area contributed by atoms with Gasteiger partial charge in [-0.25, -0.2) is 0 Å². The molecule has 2 fully saturated rings. The summed E-state index contributed by atoms with van der Waals surface area (Å²) in [6.07, 6.45) is -10.0. The number of carbonyl (C=O) groups excluding carboxylic acids is 3. The van der Waals surface area contributed by atoms with Crippen LogP contribution in [0.25, 0.3) is 0 Å². The minimum absolute atomic E-state index is 0.0567. The minimum atomic E-state index is -5.00. The van der Waals surface area contributed by atoms with Crippen molar-refractivity contribution in [2.24, 2.45) is 11.8 Å². The normalized spacial score (nSPS) is 20.6. The van der Waals surface area contributed by atoms with Crippen LogP contribution in [-0.2, 0) is 33.3 Å². The molecule has 3 amide bonds. The van der Waals surface area contributed by atoms with E-state index in [0.717, 1.165) is 16.0 Å². The van der Waals surface area contributed by atoms with Gasteiger partial charge in [0.25, 0.3) is 5.91 Å². The number of rotatable bonds is 6. The molecule has 2 aromatic rings. The zero-order valence-electron chi connectivity index (χ0n) is 25.3. The van der Waals surface area contributed by atoms with Gasteiger partial charge in [-0.1, -0.05) is 24.3 Å². The lowest BCUT2D eigenvalue weighted by molar-refractivity contribution is -0.147. The van der Waals surface area contributed by atoms with E-state index in [1.165, 1.54) is 18.9 Å². The number of nitrogens with zero attached hydrogens (tertiary/aromatic N) is 3. The molecule has 7 nitrogen and oxygen atoms in total. The molecule has 0 saturated carbocycles. The quantitative estimate of drug-likeness (QED) is 0.438. The van der Waals surface area contributed by atoms with E-state index in [9.17, 15) is 45.8 Å². The van der Waals surface area contributed by atoms with E-state index in [1.807, 2.05) is 31.2 Å². The predicted octanol–water partition coefficient (Wildman–Crippen LogP) is 5.24. The second kappa shape index (κ2) is 13.4. The van der Waals surface area contributed by atoms with Crippen LogP contribution in [0.15, 0.2) is 42.5 Å². The molecule has 0 aromatic heterocycles. The molecule has 2 saturated heterocycles. The van der Waals surface area contributed by atoms with Crippen LogP contribution in [0.3, 0.4) is 0 Å². The van der Waals surface area contributed by atoms with Crippen molar-refractivity contribution in [3.05, 3.63) is 70.3 Å². The molecule has 0 unspecified atom stereocenters. The third kappa shape index (κ3) is 7.98. The van der Waals surface area contributed by atoms with Gasteiger partial charge in [0.1, 0.15) is 6.10 Å². The van der Waals surface area contributed by atoms with Gasteiger partial charge in [-0.3, -0.25) is 14.4 Å². The van der Waals surface area contributed by atoms with Crippen LogP contribution in [0.5, 0.6) is 0 Å². The lowest BCUT2D eigenvalue weighted by Crippen LogP contribution is -2.51. The molecule has 0 aliphatic carbocycles. The van der Waals surface area contributed by atoms with Gasteiger partial charge < -0.3 is 19.8 Å². The summed E-state index contributed by atoms with van der Waals surface area (Å²) in [5, 5.41) is 9.60. The first-order valence-electron chi connectivity index (χ1n) is 14.8. The van der Waals surface area contributed by atoms with Gasteiger partial charge in [0.2, 0.25) is 11.8 Å². The lowest BCUT2D eigenvalue weighted by atomic mass is 9.77. The van der Waals surface area contributed by atoms with Gasteiger partial charge in [-0.2, -0.15) is 26.3 Å². The number of aliphatic hydroxyl groups excluding tert-OH is 1. The number of aryl methyl sites for hydroxylation is 1. The van der Waals surface area contributed by atoms with Crippen molar-refractivity contribution in [3.63, 3.8) is 0 Å². The Bertz CT molecular complexity index is 1370. The number of alkyl halides is 6. The summed E-state index contributed by atoms with van der Waals surface area (Å²) in [5.74, 6) is -2.38. The molecule has 2 aliphatic rings. The second-order valence-electron chi connectivity index (χ2n) is 12.0. The molecule has 0 bridgehead atoms. The van der Waals surface area contributed by atoms with Gasteiger partial charge >= 0.3 is 12.4 Å². The van der Waals surface area contributed by atoms with Crippen molar-refractivity contribution in [1.29, 1.82) is 0 Å². The van der Waals surface area contributed by atoms with Crippen molar-refractivity contribution in [2.75, 3.05) is 33.2 Å². The summed E-state index contributed by atoms with van der Waals surface area (Å²) in [7, 11) is 1.35. The standard InChI is InChI=1S/C32H37F6N3O4/c1-19-6-4-5-7-25(19)27-18-41(29(44)22-8-11-40(12-9-22)28(43)20(2)42)13-10-26(27)30(45)39(3)17-21-14-23(31(33,34)35)16-24(15-21)32(36,37)38/h4-7,14-16,20,22,26-27,42H,8-13,17-18H2,1-3H3/t20-,26+,27-/m1/s1. The Morgan fingerprint density at radius 2 is 1.47 bits per heavy atom. The first-order chi connectivity index (χ1) is 21.0. The molecule has 0 radical (unpaired) electrons. The fourth-order valence-electron chi connectivity index (χ4n) is 6.38. The summed E-state index contributed by atoms with van der Waals surface area (Å²) in [4.78, 5) is 43.9. The molecule has 13 heteroatoms. The van der Waals surface area contributed by atoms with Crippen molar-refractivity contribution in [2.45, 2.75) is 64.0 Å². The number of piperidine rings is 2. The summed E-state index contributed by atoms with van der Waals surface area (Å²) in [5.41, 5.74) is -1.47. The smallest absolute Gasteiger partial charge is 0.384 e. The molecule has 2 aliphatic heterocycles. The minimum Gasteiger partial charge on any atom is -0.384 e. The maximum Gasteiger partial charge on any atom is 0.416 e. The highest BCUT2D eigenvalue weighted by Gasteiger charge is 2.41. The Morgan fingerprint density at radius 3 is 2.00 bits per heavy atom. The maximum atomic E-state index is 13.8. The summed E-state index contributed by atoms with van der Waals surface area (Å²) in [6, 6.07) is 8.68. The van der Waals surface area contributed by atoms with Crippen LogP contribution >= 0.6 is 0 Å². The Morgan fingerprint density at radius 1 is 0.911 bits per heavy atom. The Balaban J connectivity index is 1.53. The van der Waals surface area contributed by atoms with E-state index in [0.29, 0.717) is 38.1 Å². The first kappa shape index (κ1) is 34.3. The number of hydrogen-bond acceptors (Lipinski definition) is 4. The number of likely N-dealkylation sites (tertiary alicyclic amines) is 2. The van der Waals surface area contributed by atoms with Crippen molar-refractivity contribution >= 4 is 17.7 Å². The number of carbonyl (C=O) groups is 3. The number of benzene rings is 2. The Kier molecular flexibility index (Phi) is 10.2. The monoisotopic (exact) mass is 641 g/mol.